The zero-order valence-corrected chi connectivity index (χ0v) is 23.8. The van der Waals surface area contributed by atoms with E-state index in [0.29, 0.717) is 18.2 Å². The average Bonchev–Trinajstić information content (AvgIpc) is 3.48. The number of sulfonamides is 1. The molecular formula is C27H30F3N7O4S. The molecule has 0 aromatic carbocycles. The van der Waals surface area contributed by atoms with Crippen LogP contribution in [0.15, 0.2) is 47.6 Å². The van der Waals surface area contributed by atoms with Gasteiger partial charge < -0.3 is 15.0 Å². The summed E-state index contributed by atoms with van der Waals surface area (Å²) in [5, 5.41) is 7.26. The maximum absolute atomic E-state index is 13.4. The molecule has 2 aliphatic heterocycles. The number of carbonyl (C=O) groups is 1. The van der Waals surface area contributed by atoms with Crippen molar-refractivity contribution in [1.82, 2.24) is 24.5 Å². The molecule has 1 saturated carbocycles. The molecule has 1 aliphatic carbocycles. The van der Waals surface area contributed by atoms with Crippen LogP contribution in [-0.4, -0.2) is 65.0 Å². The maximum Gasteiger partial charge on any atom is 0.394 e. The summed E-state index contributed by atoms with van der Waals surface area (Å²) < 4.78 is 74.8. The van der Waals surface area contributed by atoms with Gasteiger partial charge >= 0.3 is 6.18 Å². The van der Waals surface area contributed by atoms with Crippen molar-refractivity contribution in [2.24, 2.45) is 5.41 Å². The number of nitrogens with zero attached hydrogens (tertiary/aromatic N) is 5. The number of amides is 1. The molecule has 224 valence electrons. The van der Waals surface area contributed by atoms with Crippen LogP contribution in [-0.2, 0) is 10.0 Å². The van der Waals surface area contributed by atoms with Crippen molar-refractivity contribution in [3.63, 3.8) is 0 Å². The lowest BCUT2D eigenvalue weighted by atomic mass is 10.0. The van der Waals surface area contributed by atoms with E-state index in [9.17, 15) is 26.4 Å². The molecule has 1 amide bonds. The summed E-state index contributed by atoms with van der Waals surface area (Å²) >= 11 is 0. The summed E-state index contributed by atoms with van der Waals surface area (Å²) in [6, 6.07) is 8.96. The zero-order valence-electron chi connectivity index (χ0n) is 23.0. The predicted octanol–water partition coefficient (Wildman–Crippen LogP) is 4.07. The number of ether oxygens (including phenoxy) is 1. The van der Waals surface area contributed by atoms with Crippen LogP contribution in [0.5, 0.6) is 5.88 Å². The van der Waals surface area contributed by atoms with Crippen molar-refractivity contribution in [3.8, 4) is 11.7 Å². The molecular weight excluding hydrogens is 575 g/mol. The molecule has 3 aromatic heterocycles. The number of nitrogens with one attached hydrogen (secondary N) is 2. The van der Waals surface area contributed by atoms with E-state index in [1.165, 1.54) is 28.9 Å². The molecule has 11 nitrogen and oxygen atoms in total. The zero-order chi connectivity index (χ0) is 29.9. The van der Waals surface area contributed by atoms with Crippen LogP contribution >= 0.6 is 0 Å². The number of alkyl halides is 3. The highest BCUT2D eigenvalue weighted by Crippen LogP contribution is 2.59. The molecule has 3 aliphatic rings. The van der Waals surface area contributed by atoms with Gasteiger partial charge in [0, 0.05) is 30.4 Å². The van der Waals surface area contributed by atoms with E-state index in [0.717, 1.165) is 12.8 Å². The number of rotatable bonds is 5. The SMILES string of the molecule is CC1(C)CCC2CNc3cccc(n3)S(=O)(=O)NC(=O)c3ccc(-n4ccc(OCCC5(C(F)(F)F)CC5)n4)nc3N21. The second-order valence-electron chi connectivity index (χ2n) is 11.6. The van der Waals surface area contributed by atoms with Gasteiger partial charge in [0.05, 0.1) is 17.6 Å². The van der Waals surface area contributed by atoms with E-state index in [4.69, 9.17) is 9.72 Å². The molecule has 3 aromatic rings. The van der Waals surface area contributed by atoms with Crippen LogP contribution in [0.4, 0.5) is 24.8 Å². The van der Waals surface area contributed by atoms with Gasteiger partial charge in [0.2, 0.25) is 5.88 Å². The third-order valence-electron chi connectivity index (χ3n) is 8.27. The van der Waals surface area contributed by atoms with Crippen molar-refractivity contribution in [2.75, 3.05) is 23.4 Å². The van der Waals surface area contributed by atoms with Crippen molar-refractivity contribution < 1.29 is 31.1 Å². The number of hydrogen-bond donors (Lipinski definition) is 2. The normalized spacial score (nSPS) is 22.1. The Bertz CT molecular complexity index is 1640. The molecule has 1 saturated heterocycles. The minimum Gasteiger partial charge on any atom is -0.477 e. The highest BCUT2D eigenvalue weighted by molar-refractivity contribution is 7.90. The summed E-state index contributed by atoms with van der Waals surface area (Å²) in [5.41, 5.74) is -2.03. The summed E-state index contributed by atoms with van der Waals surface area (Å²) in [6.45, 7) is 4.35. The molecule has 2 bridgehead atoms. The van der Waals surface area contributed by atoms with E-state index in [1.807, 2.05) is 18.7 Å². The maximum atomic E-state index is 13.4. The average molecular weight is 606 g/mol. The predicted molar refractivity (Wildman–Crippen MR) is 146 cm³/mol. The third kappa shape index (κ3) is 5.14. The molecule has 5 heterocycles. The Morgan fingerprint density at radius 3 is 2.62 bits per heavy atom. The lowest BCUT2D eigenvalue weighted by Gasteiger charge is -2.38. The molecule has 2 fully saturated rings. The Hall–Kier alpha value is -3.88. The molecule has 42 heavy (non-hydrogen) atoms. The first kappa shape index (κ1) is 28.2. The minimum absolute atomic E-state index is 0.0598. The molecule has 2 N–H and O–H groups in total. The highest BCUT2D eigenvalue weighted by atomic mass is 32.2. The Labute approximate surface area is 240 Å². The number of pyridine rings is 2. The second-order valence-corrected chi connectivity index (χ2v) is 13.2. The van der Waals surface area contributed by atoms with Crippen molar-refractivity contribution in [1.29, 1.82) is 0 Å². The minimum atomic E-state index is -4.28. The Kier molecular flexibility index (Phi) is 6.62. The fraction of sp³-hybridized carbons (Fsp3) is 0.481. The number of anilines is 2. The first-order valence-corrected chi connectivity index (χ1v) is 15.1. The Morgan fingerprint density at radius 2 is 1.88 bits per heavy atom. The van der Waals surface area contributed by atoms with E-state index in [2.05, 4.69) is 20.1 Å². The number of hydrogen-bond acceptors (Lipinski definition) is 9. The molecule has 0 spiro atoms. The third-order valence-corrected chi connectivity index (χ3v) is 9.50. The smallest absolute Gasteiger partial charge is 0.394 e. The lowest BCUT2D eigenvalue weighted by molar-refractivity contribution is -0.190. The van der Waals surface area contributed by atoms with E-state index in [1.54, 1.807) is 18.3 Å². The van der Waals surface area contributed by atoms with E-state index < -0.39 is 33.1 Å². The lowest BCUT2D eigenvalue weighted by Crippen LogP contribution is -2.47. The first-order chi connectivity index (χ1) is 19.8. The standard InChI is InChI=1S/C27H30F3N7O4S/c1-25(2)10-8-17-16-31-19-4-3-5-22(32-19)42(39,40)35-24(38)18-6-7-20(33-23(18)37(17)25)36-14-9-21(34-36)41-15-13-26(11-12-26)27(28,29)30/h3-7,9,14,17H,8,10-13,15-16H2,1-2H3,(H,31,32)(H,35,38). The van der Waals surface area contributed by atoms with E-state index in [-0.39, 0.29) is 54.2 Å². The topological polar surface area (TPSA) is 131 Å². The largest absolute Gasteiger partial charge is 0.477 e. The summed E-state index contributed by atoms with van der Waals surface area (Å²) in [6.07, 6.45) is -1.05. The van der Waals surface area contributed by atoms with Gasteiger partial charge in [-0.1, -0.05) is 6.07 Å². The fourth-order valence-electron chi connectivity index (χ4n) is 5.65. The highest BCUT2D eigenvalue weighted by Gasteiger charge is 2.62. The number of halogens is 3. The molecule has 1 unspecified atom stereocenters. The fourth-order valence-corrected chi connectivity index (χ4v) is 6.58. The number of carbonyl (C=O) groups excluding carboxylic acids is 1. The Morgan fingerprint density at radius 1 is 1.10 bits per heavy atom. The van der Waals surface area contributed by atoms with Crippen molar-refractivity contribution >= 4 is 27.6 Å². The number of fused-ring (bicyclic) bond motifs is 5. The van der Waals surface area contributed by atoms with Crippen LogP contribution in [0.1, 0.15) is 56.3 Å². The molecule has 6 rings (SSSR count). The first-order valence-electron chi connectivity index (χ1n) is 13.6. The van der Waals surface area contributed by atoms with Gasteiger partial charge in [0.1, 0.15) is 11.6 Å². The van der Waals surface area contributed by atoms with E-state index >= 15 is 0 Å². The summed E-state index contributed by atoms with van der Waals surface area (Å²) in [4.78, 5) is 24.4. The van der Waals surface area contributed by atoms with Crippen LogP contribution in [0.3, 0.4) is 0 Å². The monoisotopic (exact) mass is 605 g/mol. The number of aromatic nitrogens is 4. The van der Waals surface area contributed by atoms with Crippen LogP contribution < -0.4 is 19.7 Å². The Balaban J connectivity index is 1.32. The molecule has 1 atom stereocenters. The van der Waals surface area contributed by atoms with Gasteiger partial charge in [-0.15, -0.1) is 5.10 Å². The molecule has 0 radical (unpaired) electrons. The summed E-state index contributed by atoms with van der Waals surface area (Å²) in [5.74, 6) is 0.259. The van der Waals surface area contributed by atoms with Gasteiger partial charge in [-0.3, -0.25) is 4.79 Å². The van der Waals surface area contributed by atoms with Gasteiger partial charge in [-0.2, -0.15) is 21.6 Å². The van der Waals surface area contributed by atoms with Gasteiger partial charge in [0.25, 0.3) is 15.9 Å². The van der Waals surface area contributed by atoms with Gasteiger partial charge in [-0.25, -0.2) is 19.4 Å². The summed E-state index contributed by atoms with van der Waals surface area (Å²) in [7, 11) is -4.28. The molecule has 15 heteroatoms. The van der Waals surface area contributed by atoms with Crippen molar-refractivity contribution in [3.05, 3.63) is 48.2 Å². The van der Waals surface area contributed by atoms with Crippen LogP contribution in [0.25, 0.3) is 5.82 Å². The quantitative estimate of drug-likeness (QED) is 0.442. The van der Waals surface area contributed by atoms with Crippen molar-refractivity contribution in [2.45, 2.75) is 68.7 Å². The second kappa shape index (κ2) is 9.85. The van der Waals surface area contributed by atoms with Crippen LogP contribution in [0.2, 0.25) is 0 Å². The van der Waals surface area contributed by atoms with Gasteiger partial charge in [-0.05, 0) is 70.2 Å². The van der Waals surface area contributed by atoms with Crippen LogP contribution in [0, 0.1) is 5.41 Å². The van der Waals surface area contributed by atoms with Gasteiger partial charge in [0.15, 0.2) is 10.8 Å².